The second-order valence-electron chi connectivity index (χ2n) is 7.43. The van der Waals surface area contributed by atoms with Gasteiger partial charge in [-0.15, -0.1) is 0 Å². The number of hydrogen-bond acceptors (Lipinski definition) is 2. The molecular weight excluding hydrogens is 344 g/mol. The Balaban J connectivity index is 1.51. The molecule has 0 aliphatic rings. The van der Waals surface area contributed by atoms with Crippen LogP contribution in [0.5, 0.6) is 0 Å². The highest BCUT2D eigenvalue weighted by molar-refractivity contribution is 5.75. The maximum atomic E-state index is 4.88. The number of imidazole rings is 2. The second-order valence-corrected chi connectivity index (χ2v) is 7.43. The number of fused-ring (bicyclic) bond motifs is 2. The maximum absolute atomic E-state index is 4.88. The molecule has 4 heteroatoms. The van der Waals surface area contributed by atoms with Crippen LogP contribution in [-0.2, 0) is 12.8 Å². The van der Waals surface area contributed by atoms with Gasteiger partial charge in [-0.05, 0) is 43.2 Å². The van der Waals surface area contributed by atoms with Crippen LogP contribution in [0.4, 0.5) is 0 Å². The molecule has 28 heavy (non-hydrogen) atoms. The van der Waals surface area contributed by atoms with Gasteiger partial charge < -0.3 is 9.97 Å². The van der Waals surface area contributed by atoms with Gasteiger partial charge in [0.15, 0.2) is 0 Å². The fourth-order valence-electron chi connectivity index (χ4n) is 3.78. The van der Waals surface area contributed by atoms with E-state index in [2.05, 4.69) is 59.4 Å². The van der Waals surface area contributed by atoms with Crippen molar-refractivity contribution in [2.24, 2.45) is 0 Å². The van der Waals surface area contributed by atoms with Gasteiger partial charge in [0, 0.05) is 12.3 Å². The molecule has 0 spiro atoms. The summed E-state index contributed by atoms with van der Waals surface area (Å²) in [5, 5.41) is 0. The predicted octanol–water partition coefficient (Wildman–Crippen LogP) is 5.32. The third-order valence-electron chi connectivity index (χ3n) is 5.28. The Morgan fingerprint density at radius 3 is 2.04 bits per heavy atom. The summed E-state index contributed by atoms with van der Waals surface area (Å²) in [7, 11) is 0. The normalized spacial score (nSPS) is 12.6. The summed E-state index contributed by atoms with van der Waals surface area (Å²) in [6.07, 6.45) is 1.72. The summed E-state index contributed by atoms with van der Waals surface area (Å²) >= 11 is 0. The van der Waals surface area contributed by atoms with Crippen LogP contribution in [0.1, 0.15) is 28.7 Å². The second kappa shape index (κ2) is 6.97. The van der Waals surface area contributed by atoms with E-state index in [0.717, 1.165) is 46.6 Å². The Morgan fingerprint density at radius 1 is 0.714 bits per heavy atom. The first-order chi connectivity index (χ1) is 13.7. The summed E-state index contributed by atoms with van der Waals surface area (Å²) < 4.78 is 0. The lowest BCUT2D eigenvalue weighted by molar-refractivity contribution is 0.628. The van der Waals surface area contributed by atoms with Gasteiger partial charge in [-0.25, -0.2) is 9.97 Å². The fourth-order valence-corrected chi connectivity index (χ4v) is 3.78. The van der Waals surface area contributed by atoms with Gasteiger partial charge >= 0.3 is 0 Å². The fraction of sp³-hybridized carbons (Fsp3) is 0.167. The number of benzene rings is 3. The van der Waals surface area contributed by atoms with Gasteiger partial charge in [-0.1, -0.05) is 54.1 Å². The zero-order valence-electron chi connectivity index (χ0n) is 15.8. The molecule has 0 fully saturated rings. The molecular formula is C24H22N4. The van der Waals surface area contributed by atoms with E-state index < -0.39 is 0 Å². The molecule has 1 atom stereocenters. The monoisotopic (exact) mass is 366 g/mol. The number of rotatable bonds is 5. The average molecular weight is 366 g/mol. The van der Waals surface area contributed by atoms with E-state index in [-0.39, 0.29) is 5.92 Å². The highest BCUT2D eigenvalue weighted by Gasteiger charge is 2.19. The SMILES string of the molecule is Cc1ccc(C[C@@H](Cc2nc3ccccc3[nH]2)c2nc3ccccc3[nH]2)cc1. The molecule has 0 amide bonds. The summed E-state index contributed by atoms with van der Waals surface area (Å²) in [5.41, 5.74) is 6.77. The first-order valence-corrected chi connectivity index (χ1v) is 9.68. The average Bonchev–Trinajstić information content (AvgIpc) is 3.32. The lowest BCUT2D eigenvalue weighted by Crippen LogP contribution is -2.10. The number of hydrogen-bond donors (Lipinski definition) is 2. The summed E-state index contributed by atoms with van der Waals surface area (Å²) in [5.74, 6) is 2.23. The molecule has 0 saturated carbocycles. The molecule has 0 bridgehead atoms. The van der Waals surface area contributed by atoms with Crippen molar-refractivity contribution in [3.8, 4) is 0 Å². The molecule has 0 unspecified atom stereocenters. The van der Waals surface area contributed by atoms with E-state index in [1.165, 1.54) is 11.1 Å². The van der Waals surface area contributed by atoms with Gasteiger partial charge in [0.1, 0.15) is 11.6 Å². The maximum Gasteiger partial charge on any atom is 0.111 e. The highest BCUT2D eigenvalue weighted by Crippen LogP contribution is 2.26. The van der Waals surface area contributed by atoms with E-state index in [4.69, 9.17) is 9.97 Å². The van der Waals surface area contributed by atoms with Crippen molar-refractivity contribution in [3.05, 3.63) is 95.6 Å². The van der Waals surface area contributed by atoms with Crippen molar-refractivity contribution in [2.75, 3.05) is 0 Å². The topological polar surface area (TPSA) is 57.4 Å². The minimum absolute atomic E-state index is 0.218. The quantitative estimate of drug-likeness (QED) is 0.442. The zero-order chi connectivity index (χ0) is 18.9. The molecule has 2 N–H and O–H groups in total. The summed E-state index contributed by atoms with van der Waals surface area (Å²) in [6, 6.07) is 25.2. The Kier molecular flexibility index (Phi) is 4.17. The third-order valence-corrected chi connectivity index (χ3v) is 5.28. The largest absolute Gasteiger partial charge is 0.342 e. The molecule has 2 aromatic heterocycles. The molecule has 5 rings (SSSR count). The third kappa shape index (κ3) is 3.29. The molecule has 0 aliphatic heterocycles. The predicted molar refractivity (Wildman–Crippen MR) is 114 cm³/mol. The van der Waals surface area contributed by atoms with E-state index in [9.17, 15) is 0 Å². The van der Waals surface area contributed by atoms with Crippen LogP contribution < -0.4 is 0 Å². The number of aryl methyl sites for hydroxylation is 1. The first-order valence-electron chi connectivity index (χ1n) is 9.68. The van der Waals surface area contributed by atoms with Crippen LogP contribution in [0, 0.1) is 6.92 Å². The first kappa shape index (κ1) is 16.8. The van der Waals surface area contributed by atoms with Crippen molar-refractivity contribution in [1.82, 2.24) is 19.9 Å². The van der Waals surface area contributed by atoms with Crippen molar-refractivity contribution in [1.29, 1.82) is 0 Å². The smallest absolute Gasteiger partial charge is 0.111 e. The Labute approximate surface area is 163 Å². The van der Waals surface area contributed by atoms with E-state index in [1.54, 1.807) is 0 Å². The number of nitrogens with zero attached hydrogens (tertiary/aromatic N) is 2. The molecule has 0 saturated heterocycles. The lowest BCUT2D eigenvalue weighted by atomic mass is 9.94. The van der Waals surface area contributed by atoms with Crippen molar-refractivity contribution >= 4 is 22.1 Å². The number of nitrogens with one attached hydrogen (secondary N) is 2. The molecule has 0 aliphatic carbocycles. The Morgan fingerprint density at radius 2 is 1.36 bits per heavy atom. The van der Waals surface area contributed by atoms with Crippen LogP contribution in [0.3, 0.4) is 0 Å². The van der Waals surface area contributed by atoms with Gasteiger partial charge in [0.25, 0.3) is 0 Å². The number of aromatic amines is 2. The molecule has 4 nitrogen and oxygen atoms in total. The van der Waals surface area contributed by atoms with E-state index >= 15 is 0 Å². The van der Waals surface area contributed by atoms with Gasteiger partial charge in [0.05, 0.1) is 22.1 Å². The Hall–Kier alpha value is -3.40. The molecule has 3 aromatic carbocycles. The van der Waals surface area contributed by atoms with Crippen molar-refractivity contribution in [2.45, 2.75) is 25.7 Å². The van der Waals surface area contributed by atoms with Gasteiger partial charge in [0.2, 0.25) is 0 Å². The number of aromatic nitrogens is 4. The van der Waals surface area contributed by atoms with E-state index in [1.807, 2.05) is 30.3 Å². The van der Waals surface area contributed by atoms with Crippen molar-refractivity contribution in [3.63, 3.8) is 0 Å². The van der Waals surface area contributed by atoms with Crippen LogP contribution in [-0.4, -0.2) is 19.9 Å². The van der Waals surface area contributed by atoms with Gasteiger partial charge in [-0.3, -0.25) is 0 Å². The molecule has 2 heterocycles. The van der Waals surface area contributed by atoms with E-state index in [0.29, 0.717) is 0 Å². The summed E-state index contributed by atoms with van der Waals surface area (Å²) in [4.78, 5) is 16.7. The highest BCUT2D eigenvalue weighted by atomic mass is 14.9. The minimum Gasteiger partial charge on any atom is -0.342 e. The van der Waals surface area contributed by atoms with Crippen molar-refractivity contribution < 1.29 is 0 Å². The zero-order valence-corrected chi connectivity index (χ0v) is 15.8. The van der Waals surface area contributed by atoms with Crippen LogP contribution in [0.25, 0.3) is 22.1 Å². The van der Waals surface area contributed by atoms with Crippen LogP contribution in [0.2, 0.25) is 0 Å². The number of para-hydroxylation sites is 4. The van der Waals surface area contributed by atoms with Crippen LogP contribution in [0.15, 0.2) is 72.8 Å². The number of H-pyrrole nitrogens is 2. The molecule has 138 valence electrons. The van der Waals surface area contributed by atoms with Gasteiger partial charge in [-0.2, -0.15) is 0 Å². The molecule has 0 radical (unpaired) electrons. The van der Waals surface area contributed by atoms with Crippen LogP contribution >= 0.6 is 0 Å². The minimum atomic E-state index is 0.218. The molecule has 5 aromatic rings. The Bertz CT molecular complexity index is 1160. The lowest BCUT2D eigenvalue weighted by Gasteiger charge is -2.14. The standard InChI is InChI=1S/C24H22N4/c1-16-10-12-17(13-11-16)14-18(24-27-21-8-4-5-9-22(21)28-24)15-23-25-19-6-2-3-7-20(19)26-23/h2-13,18H,14-15H2,1H3,(H,25,26)(H,27,28)/t18-/m0/s1. The summed E-state index contributed by atoms with van der Waals surface area (Å²) in [6.45, 7) is 2.12.